The lowest BCUT2D eigenvalue weighted by molar-refractivity contribution is -0.145. The molecule has 1 rings (SSSR count). The fourth-order valence-corrected chi connectivity index (χ4v) is 2.59. The molecule has 1 aromatic rings. The van der Waals surface area contributed by atoms with Gasteiger partial charge in [-0.15, -0.1) is 0 Å². The molecule has 0 spiro atoms. The predicted octanol–water partition coefficient (Wildman–Crippen LogP) is 2.03. The molecule has 2 atom stereocenters. The van der Waals surface area contributed by atoms with Crippen LogP contribution in [0.25, 0.3) is 0 Å². The molecule has 0 aliphatic rings. The third-order valence-electron chi connectivity index (χ3n) is 4.16. The van der Waals surface area contributed by atoms with Crippen molar-refractivity contribution >= 4 is 23.9 Å². The molecular weight excluding hydrogens is 402 g/mol. The van der Waals surface area contributed by atoms with Crippen molar-refractivity contribution in [3.05, 3.63) is 35.9 Å². The first-order valence-corrected chi connectivity index (χ1v) is 10.2. The Balaban J connectivity index is 2.62. The van der Waals surface area contributed by atoms with Crippen LogP contribution in [0.1, 0.15) is 53.0 Å². The van der Waals surface area contributed by atoms with Crippen LogP contribution in [0, 0.1) is 5.92 Å². The predicted molar refractivity (Wildman–Crippen MR) is 115 cm³/mol. The van der Waals surface area contributed by atoms with Gasteiger partial charge in [0.1, 0.15) is 24.3 Å². The van der Waals surface area contributed by atoms with E-state index in [2.05, 4.69) is 10.6 Å². The number of rotatable bonds is 10. The Bertz CT molecular complexity index is 758. The Hall–Kier alpha value is -3.10. The van der Waals surface area contributed by atoms with Crippen molar-refractivity contribution in [2.75, 3.05) is 0 Å². The number of hydrogen-bond acceptors (Lipinski definition) is 6. The molecular formula is C22H33N3O6. The van der Waals surface area contributed by atoms with Crippen molar-refractivity contribution in [1.29, 1.82) is 0 Å². The molecule has 0 aromatic heterocycles. The minimum Gasteiger partial charge on any atom is -0.461 e. The molecule has 0 fully saturated rings. The second kappa shape index (κ2) is 11.9. The summed E-state index contributed by atoms with van der Waals surface area (Å²) >= 11 is 0. The van der Waals surface area contributed by atoms with Crippen LogP contribution in [0.5, 0.6) is 0 Å². The maximum Gasteiger partial charge on any atom is 0.408 e. The molecule has 9 heteroatoms. The molecule has 172 valence electrons. The second-order valence-electron chi connectivity index (χ2n) is 8.52. The number of carbonyl (C=O) groups excluding carboxylic acids is 4. The third kappa shape index (κ3) is 10.5. The summed E-state index contributed by atoms with van der Waals surface area (Å²) < 4.78 is 10.4. The summed E-state index contributed by atoms with van der Waals surface area (Å²) in [6.45, 7) is 8.71. The Morgan fingerprint density at radius 3 is 2.16 bits per heavy atom. The first kappa shape index (κ1) is 25.9. The number of hydrogen-bond donors (Lipinski definition) is 3. The standard InChI is InChI=1S/C22H33N3O6/c1-14(2)18(25-21(29)31-22(3,4)5)20(28)24-16(19(23)27)11-12-17(26)30-13-15-9-7-6-8-10-15/h6-10,14,16,18H,11-13H2,1-5H3,(H2,23,27)(H,24,28)(H,25,29)/t16-,18-/m0/s1. The van der Waals surface area contributed by atoms with E-state index >= 15 is 0 Å². The van der Waals surface area contributed by atoms with E-state index in [0.29, 0.717) is 0 Å². The van der Waals surface area contributed by atoms with Gasteiger partial charge in [-0.2, -0.15) is 0 Å². The molecule has 0 bridgehead atoms. The first-order valence-electron chi connectivity index (χ1n) is 10.2. The zero-order chi connectivity index (χ0) is 23.6. The smallest absolute Gasteiger partial charge is 0.408 e. The van der Waals surface area contributed by atoms with Gasteiger partial charge in [-0.05, 0) is 38.7 Å². The van der Waals surface area contributed by atoms with Gasteiger partial charge in [0.15, 0.2) is 0 Å². The molecule has 0 saturated carbocycles. The molecule has 31 heavy (non-hydrogen) atoms. The third-order valence-corrected chi connectivity index (χ3v) is 4.16. The topological polar surface area (TPSA) is 137 Å². The van der Waals surface area contributed by atoms with Gasteiger partial charge in [-0.3, -0.25) is 14.4 Å². The summed E-state index contributed by atoms with van der Waals surface area (Å²) in [5.74, 6) is -2.18. The molecule has 0 radical (unpaired) electrons. The van der Waals surface area contributed by atoms with E-state index in [4.69, 9.17) is 15.2 Å². The average Bonchev–Trinajstić information content (AvgIpc) is 2.66. The number of amides is 3. The van der Waals surface area contributed by atoms with Gasteiger partial charge in [0.05, 0.1) is 0 Å². The molecule has 1 aromatic carbocycles. The SMILES string of the molecule is CC(C)[C@H](NC(=O)OC(C)(C)C)C(=O)N[C@@H](CCC(=O)OCc1ccccc1)C(N)=O. The highest BCUT2D eigenvalue weighted by Gasteiger charge is 2.30. The number of carbonyl (C=O) groups is 4. The summed E-state index contributed by atoms with van der Waals surface area (Å²) in [7, 11) is 0. The fraction of sp³-hybridized carbons (Fsp3) is 0.545. The Labute approximate surface area is 183 Å². The summed E-state index contributed by atoms with van der Waals surface area (Å²) in [6, 6.07) is 7.14. The summed E-state index contributed by atoms with van der Waals surface area (Å²) in [5, 5.41) is 5.01. The van der Waals surface area contributed by atoms with Crippen molar-refractivity contribution in [2.24, 2.45) is 11.7 Å². The minimum atomic E-state index is -1.08. The van der Waals surface area contributed by atoms with Crippen LogP contribution in [0.4, 0.5) is 4.79 Å². The number of nitrogens with two attached hydrogens (primary N) is 1. The molecule has 0 aliphatic heterocycles. The number of esters is 1. The van der Waals surface area contributed by atoms with Gasteiger partial charge in [0.25, 0.3) is 0 Å². The van der Waals surface area contributed by atoms with Gasteiger partial charge in [0, 0.05) is 6.42 Å². The zero-order valence-corrected chi connectivity index (χ0v) is 18.8. The van der Waals surface area contributed by atoms with E-state index in [9.17, 15) is 19.2 Å². The monoisotopic (exact) mass is 435 g/mol. The number of alkyl carbamates (subject to hydrolysis) is 1. The van der Waals surface area contributed by atoms with Crippen LogP contribution < -0.4 is 16.4 Å². The van der Waals surface area contributed by atoms with Gasteiger partial charge >= 0.3 is 12.1 Å². The summed E-state index contributed by atoms with van der Waals surface area (Å²) in [5.41, 5.74) is 5.49. The number of ether oxygens (including phenoxy) is 2. The van der Waals surface area contributed by atoms with Crippen LogP contribution in [0.2, 0.25) is 0 Å². The van der Waals surface area contributed by atoms with Gasteiger partial charge in [-0.1, -0.05) is 44.2 Å². The van der Waals surface area contributed by atoms with E-state index in [0.717, 1.165) is 5.56 Å². The lowest BCUT2D eigenvalue weighted by Crippen LogP contribution is -2.55. The summed E-state index contributed by atoms with van der Waals surface area (Å²) in [4.78, 5) is 48.4. The lowest BCUT2D eigenvalue weighted by Gasteiger charge is -2.26. The molecule has 3 amide bonds. The Morgan fingerprint density at radius 1 is 1.03 bits per heavy atom. The van der Waals surface area contributed by atoms with Crippen LogP contribution in [-0.4, -0.2) is 41.6 Å². The van der Waals surface area contributed by atoms with Gasteiger partial charge < -0.3 is 25.8 Å². The van der Waals surface area contributed by atoms with E-state index in [1.165, 1.54) is 0 Å². The largest absolute Gasteiger partial charge is 0.461 e. The molecule has 9 nitrogen and oxygen atoms in total. The highest BCUT2D eigenvalue weighted by Crippen LogP contribution is 2.10. The average molecular weight is 436 g/mol. The van der Waals surface area contributed by atoms with Gasteiger partial charge in [-0.25, -0.2) is 4.79 Å². The Kier molecular flexibility index (Phi) is 9.98. The van der Waals surface area contributed by atoms with E-state index in [-0.39, 0.29) is 25.4 Å². The van der Waals surface area contributed by atoms with Crippen molar-refractivity contribution in [1.82, 2.24) is 10.6 Å². The molecule has 0 aliphatic carbocycles. The van der Waals surface area contributed by atoms with Gasteiger partial charge in [0.2, 0.25) is 11.8 Å². The minimum absolute atomic E-state index is 0.0219. The Morgan fingerprint density at radius 2 is 1.65 bits per heavy atom. The molecule has 0 unspecified atom stereocenters. The molecule has 0 heterocycles. The van der Waals surface area contributed by atoms with E-state index < -0.39 is 41.6 Å². The first-order chi connectivity index (χ1) is 14.4. The van der Waals surface area contributed by atoms with Crippen molar-refractivity contribution in [3.63, 3.8) is 0 Å². The second-order valence-corrected chi connectivity index (χ2v) is 8.52. The van der Waals surface area contributed by atoms with Crippen LogP contribution in [0.3, 0.4) is 0 Å². The van der Waals surface area contributed by atoms with Crippen LogP contribution in [-0.2, 0) is 30.5 Å². The molecule has 4 N–H and O–H groups in total. The van der Waals surface area contributed by atoms with E-state index in [1.54, 1.807) is 34.6 Å². The summed E-state index contributed by atoms with van der Waals surface area (Å²) in [6.07, 6.45) is -0.875. The molecule has 0 saturated heterocycles. The van der Waals surface area contributed by atoms with Crippen molar-refractivity contribution < 1.29 is 28.7 Å². The maximum atomic E-state index is 12.7. The number of primary amides is 1. The van der Waals surface area contributed by atoms with Crippen LogP contribution in [0.15, 0.2) is 30.3 Å². The highest BCUT2D eigenvalue weighted by atomic mass is 16.6. The fourth-order valence-electron chi connectivity index (χ4n) is 2.59. The quantitative estimate of drug-likeness (QED) is 0.481. The lowest BCUT2D eigenvalue weighted by atomic mass is 10.0. The number of nitrogens with one attached hydrogen (secondary N) is 2. The normalized spacial score (nSPS) is 13.1. The maximum absolute atomic E-state index is 12.7. The van der Waals surface area contributed by atoms with Crippen molar-refractivity contribution in [2.45, 2.75) is 71.8 Å². The highest BCUT2D eigenvalue weighted by molar-refractivity contribution is 5.91. The number of benzene rings is 1. The van der Waals surface area contributed by atoms with Crippen LogP contribution >= 0.6 is 0 Å². The van der Waals surface area contributed by atoms with Crippen molar-refractivity contribution in [3.8, 4) is 0 Å². The zero-order valence-electron chi connectivity index (χ0n) is 18.8. The van der Waals surface area contributed by atoms with E-state index in [1.807, 2.05) is 30.3 Å².